The first-order chi connectivity index (χ1) is 14.6. The molecule has 154 valence electrons. The van der Waals surface area contributed by atoms with E-state index < -0.39 is 0 Å². The first-order valence-electron chi connectivity index (χ1n) is 9.93. The van der Waals surface area contributed by atoms with Crippen LogP contribution in [0.3, 0.4) is 0 Å². The molecule has 0 spiro atoms. The molecule has 0 saturated carbocycles. The summed E-state index contributed by atoms with van der Waals surface area (Å²) in [5.41, 5.74) is 4.40. The lowest BCUT2D eigenvalue weighted by atomic mass is 9.91. The van der Waals surface area contributed by atoms with E-state index in [2.05, 4.69) is 62.4 Å². The summed E-state index contributed by atoms with van der Waals surface area (Å²) in [7, 11) is 3.25. The molecule has 0 N–H and O–H groups in total. The molecule has 0 amide bonds. The van der Waals surface area contributed by atoms with Crippen molar-refractivity contribution in [2.45, 2.75) is 13.8 Å². The average Bonchev–Trinajstić information content (AvgIpc) is 2.75. The van der Waals surface area contributed by atoms with E-state index >= 15 is 0 Å². The van der Waals surface area contributed by atoms with Gasteiger partial charge in [-0.05, 0) is 47.5 Å². The minimum Gasteiger partial charge on any atom is -0.467 e. The van der Waals surface area contributed by atoms with Crippen molar-refractivity contribution < 1.29 is 18.9 Å². The Morgan fingerprint density at radius 1 is 0.567 bits per heavy atom. The lowest BCUT2D eigenvalue weighted by molar-refractivity contribution is 0.0502. The number of aryl methyl sites for hydroxylation is 2. The molecule has 0 aliphatic carbocycles. The SMILES string of the molecule is COCOc1ccc2cc(C)ccc2c1-c1c(OCOC)ccc2cc(C)ccc12. The number of rotatable bonds is 7. The number of benzene rings is 4. The number of ether oxygens (including phenoxy) is 4. The minimum absolute atomic E-state index is 0.169. The molecule has 0 radical (unpaired) electrons. The molecule has 0 aromatic heterocycles. The maximum absolute atomic E-state index is 6.00. The van der Waals surface area contributed by atoms with Crippen LogP contribution >= 0.6 is 0 Å². The summed E-state index contributed by atoms with van der Waals surface area (Å²) < 4.78 is 22.4. The predicted molar refractivity (Wildman–Crippen MR) is 121 cm³/mol. The number of fused-ring (bicyclic) bond motifs is 2. The number of hydrogen-bond donors (Lipinski definition) is 0. The zero-order chi connectivity index (χ0) is 21.1. The van der Waals surface area contributed by atoms with Gasteiger partial charge in [0.2, 0.25) is 0 Å². The Labute approximate surface area is 176 Å². The Kier molecular flexibility index (Phi) is 5.88. The summed E-state index contributed by atoms with van der Waals surface area (Å²) in [6.07, 6.45) is 0. The van der Waals surface area contributed by atoms with E-state index in [9.17, 15) is 0 Å². The van der Waals surface area contributed by atoms with E-state index in [0.29, 0.717) is 0 Å². The zero-order valence-corrected chi connectivity index (χ0v) is 17.8. The van der Waals surface area contributed by atoms with Gasteiger partial charge in [-0.15, -0.1) is 0 Å². The van der Waals surface area contributed by atoms with Crippen molar-refractivity contribution in [2.75, 3.05) is 27.8 Å². The highest BCUT2D eigenvalue weighted by Crippen LogP contribution is 2.45. The van der Waals surface area contributed by atoms with Gasteiger partial charge < -0.3 is 18.9 Å². The Balaban J connectivity index is 2.09. The Morgan fingerprint density at radius 3 is 1.40 bits per heavy atom. The van der Waals surface area contributed by atoms with Gasteiger partial charge in [-0.3, -0.25) is 0 Å². The molecule has 30 heavy (non-hydrogen) atoms. The summed E-state index contributed by atoms with van der Waals surface area (Å²) in [5, 5.41) is 4.50. The zero-order valence-electron chi connectivity index (χ0n) is 17.8. The smallest absolute Gasteiger partial charge is 0.188 e. The number of methoxy groups -OCH3 is 2. The fourth-order valence-corrected chi connectivity index (χ4v) is 3.86. The van der Waals surface area contributed by atoms with Crippen molar-refractivity contribution >= 4 is 21.5 Å². The van der Waals surface area contributed by atoms with Gasteiger partial charge in [-0.2, -0.15) is 0 Å². The normalized spacial score (nSPS) is 11.2. The lowest BCUT2D eigenvalue weighted by Crippen LogP contribution is -2.04. The molecule has 0 atom stereocenters. The van der Waals surface area contributed by atoms with E-state index in [-0.39, 0.29) is 13.6 Å². The minimum atomic E-state index is 0.169. The van der Waals surface area contributed by atoms with E-state index in [4.69, 9.17) is 18.9 Å². The molecular weight excluding hydrogens is 376 g/mol. The van der Waals surface area contributed by atoms with E-state index in [1.54, 1.807) is 14.2 Å². The fraction of sp³-hybridized carbons (Fsp3) is 0.231. The van der Waals surface area contributed by atoms with Gasteiger partial charge in [-0.25, -0.2) is 0 Å². The van der Waals surface area contributed by atoms with Crippen molar-refractivity contribution in [3.05, 3.63) is 71.8 Å². The van der Waals surface area contributed by atoms with Crippen molar-refractivity contribution in [3.63, 3.8) is 0 Å². The highest BCUT2D eigenvalue weighted by molar-refractivity contribution is 6.10. The third-order valence-corrected chi connectivity index (χ3v) is 5.19. The van der Waals surface area contributed by atoms with Crippen LogP contribution in [0.1, 0.15) is 11.1 Å². The second-order valence-electron chi connectivity index (χ2n) is 7.43. The van der Waals surface area contributed by atoms with Crippen LogP contribution < -0.4 is 9.47 Å². The molecule has 0 saturated heterocycles. The predicted octanol–water partition coefficient (Wildman–Crippen LogP) is 6.24. The Morgan fingerprint density at radius 2 is 1.00 bits per heavy atom. The molecule has 4 rings (SSSR count). The molecule has 0 fully saturated rings. The maximum atomic E-state index is 6.00. The lowest BCUT2D eigenvalue weighted by Gasteiger charge is -2.19. The first kappa shape index (κ1) is 20.2. The molecule has 4 heteroatoms. The summed E-state index contributed by atoms with van der Waals surface area (Å²) >= 11 is 0. The molecule has 0 heterocycles. The summed E-state index contributed by atoms with van der Waals surface area (Å²) in [6, 6.07) is 21.1. The third kappa shape index (κ3) is 3.84. The average molecular weight is 402 g/mol. The second kappa shape index (κ2) is 8.74. The number of hydrogen-bond acceptors (Lipinski definition) is 4. The van der Waals surface area contributed by atoms with Gasteiger partial charge in [0.15, 0.2) is 13.6 Å². The molecule has 4 aromatic carbocycles. The highest BCUT2D eigenvalue weighted by Gasteiger charge is 2.19. The monoisotopic (exact) mass is 402 g/mol. The standard InChI is InChI=1S/C26H26O4/c1-17-5-9-21-19(13-17)7-11-23(29-15-27-3)25(21)26-22-10-6-18(2)14-20(22)8-12-24(26)30-16-28-4/h5-14H,15-16H2,1-4H3. The van der Waals surface area contributed by atoms with Crippen LogP contribution in [0.15, 0.2) is 60.7 Å². The molecule has 4 nitrogen and oxygen atoms in total. The van der Waals surface area contributed by atoms with Gasteiger partial charge in [0.1, 0.15) is 11.5 Å². The molecule has 0 aliphatic rings. The largest absolute Gasteiger partial charge is 0.467 e. The molecule has 0 unspecified atom stereocenters. The third-order valence-electron chi connectivity index (χ3n) is 5.19. The van der Waals surface area contributed by atoms with Gasteiger partial charge >= 0.3 is 0 Å². The first-order valence-corrected chi connectivity index (χ1v) is 9.93. The summed E-state index contributed by atoms with van der Waals surface area (Å²) in [5.74, 6) is 1.51. The van der Waals surface area contributed by atoms with Gasteiger partial charge in [0, 0.05) is 25.3 Å². The van der Waals surface area contributed by atoms with Gasteiger partial charge in [0.25, 0.3) is 0 Å². The molecule has 4 aromatic rings. The van der Waals surface area contributed by atoms with Crippen LogP contribution in [0.25, 0.3) is 32.7 Å². The highest BCUT2D eigenvalue weighted by atomic mass is 16.7. The van der Waals surface area contributed by atoms with Crippen molar-refractivity contribution in [1.82, 2.24) is 0 Å². The van der Waals surface area contributed by atoms with E-state index in [0.717, 1.165) is 44.2 Å². The second-order valence-corrected chi connectivity index (χ2v) is 7.43. The van der Waals surface area contributed by atoms with E-state index in [1.807, 2.05) is 12.1 Å². The molecule has 0 aliphatic heterocycles. The summed E-state index contributed by atoms with van der Waals surface area (Å²) in [4.78, 5) is 0. The van der Waals surface area contributed by atoms with E-state index in [1.165, 1.54) is 11.1 Å². The van der Waals surface area contributed by atoms with Gasteiger partial charge in [-0.1, -0.05) is 59.7 Å². The molecular formula is C26H26O4. The maximum Gasteiger partial charge on any atom is 0.188 e. The van der Waals surface area contributed by atoms with Crippen LogP contribution in [0.5, 0.6) is 11.5 Å². The van der Waals surface area contributed by atoms with Crippen LogP contribution in [0, 0.1) is 13.8 Å². The topological polar surface area (TPSA) is 36.9 Å². The van der Waals surface area contributed by atoms with Crippen LogP contribution in [0.2, 0.25) is 0 Å². The fourth-order valence-electron chi connectivity index (χ4n) is 3.86. The Hall–Kier alpha value is -3.08. The van der Waals surface area contributed by atoms with Crippen molar-refractivity contribution in [2.24, 2.45) is 0 Å². The van der Waals surface area contributed by atoms with Gasteiger partial charge in [0.05, 0.1) is 0 Å². The van der Waals surface area contributed by atoms with Crippen LogP contribution in [0.4, 0.5) is 0 Å². The quantitative estimate of drug-likeness (QED) is 0.343. The van der Waals surface area contributed by atoms with Crippen LogP contribution in [-0.4, -0.2) is 27.8 Å². The molecule has 0 bridgehead atoms. The Bertz CT molecular complexity index is 1100. The van der Waals surface area contributed by atoms with Crippen LogP contribution in [-0.2, 0) is 9.47 Å². The summed E-state index contributed by atoms with van der Waals surface area (Å²) in [6.45, 7) is 4.54. The van der Waals surface area contributed by atoms with Crippen molar-refractivity contribution in [1.29, 1.82) is 0 Å². The van der Waals surface area contributed by atoms with Crippen molar-refractivity contribution in [3.8, 4) is 22.6 Å².